The molecule has 2 saturated heterocycles. The van der Waals surface area contributed by atoms with Crippen molar-refractivity contribution >= 4 is 0 Å². The van der Waals surface area contributed by atoms with Crippen molar-refractivity contribution in [2.75, 3.05) is 6.61 Å². The molecule has 5 atom stereocenters. The van der Waals surface area contributed by atoms with Crippen molar-refractivity contribution in [2.24, 2.45) is 0 Å². The molecule has 0 saturated carbocycles. The molecule has 1 aliphatic carbocycles. The molecule has 4 aliphatic rings. The molecule has 5 unspecified atom stereocenters. The first-order valence-electron chi connectivity index (χ1n) is 9.23. The maximum atomic E-state index is 6.12. The maximum absolute atomic E-state index is 6.12. The zero-order chi connectivity index (χ0) is 16.2. The molecule has 0 bridgehead atoms. The standard InChI is InChI=1S/C20H30O3/c1-13-6-5-10-20(4)18(23-20)17-15(14(2)12-21-17)9-11-19(3)16(22-19)8-7-13/h6,16-18H,5,7-12H2,1-4H3/b13-6+. The first kappa shape index (κ1) is 15.9. The van der Waals surface area contributed by atoms with Crippen LogP contribution in [0, 0.1) is 0 Å². The summed E-state index contributed by atoms with van der Waals surface area (Å²) in [6.45, 7) is 9.78. The average molecular weight is 318 g/mol. The van der Waals surface area contributed by atoms with E-state index in [1.165, 1.54) is 16.7 Å². The summed E-state index contributed by atoms with van der Waals surface area (Å²) in [5, 5.41) is 0. The third kappa shape index (κ3) is 2.92. The van der Waals surface area contributed by atoms with E-state index in [1.54, 1.807) is 0 Å². The van der Waals surface area contributed by atoms with Crippen LogP contribution >= 0.6 is 0 Å². The molecule has 3 heteroatoms. The molecule has 0 amide bonds. The Balaban J connectivity index is 1.54. The van der Waals surface area contributed by atoms with Crippen molar-refractivity contribution in [2.45, 2.75) is 95.7 Å². The number of hydrogen-bond donors (Lipinski definition) is 0. The second-order valence-electron chi connectivity index (χ2n) is 8.44. The summed E-state index contributed by atoms with van der Waals surface area (Å²) in [6.07, 6.45) is 9.98. The second kappa shape index (κ2) is 5.44. The van der Waals surface area contributed by atoms with E-state index in [2.05, 4.69) is 33.8 Å². The third-order valence-electron chi connectivity index (χ3n) is 6.45. The predicted octanol–water partition coefficient (Wildman–Crippen LogP) is 4.32. The fourth-order valence-electron chi connectivity index (χ4n) is 4.44. The molecule has 4 rings (SSSR count). The second-order valence-corrected chi connectivity index (χ2v) is 8.44. The molecular weight excluding hydrogens is 288 g/mol. The highest BCUT2D eigenvalue weighted by Gasteiger charge is 2.58. The Labute approximate surface area is 140 Å². The van der Waals surface area contributed by atoms with Gasteiger partial charge >= 0.3 is 0 Å². The molecule has 23 heavy (non-hydrogen) atoms. The highest BCUT2D eigenvalue weighted by Crippen LogP contribution is 2.50. The molecule has 2 fully saturated rings. The Morgan fingerprint density at radius 3 is 2.70 bits per heavy atom. The summed E-state index contributed by atoms with van der Waals surface area (Å²) >= 11 is 0. The van der Waals surface area contributed by atoms with Gasteiger partial charge in [-0.25, -0.2) is 0 Å². The van der Waals surface area contributed by atoms with Crippen LogP contribution in [0.4, 0.5) is 0 Å². The van der Waals surface area contributed by atoms with Crippen LogP contribution in [0.1, 0.15) is 66.2 Å². The van der Waals surface area contributed by atoms with E-state index in [4.69, 9.17) is 14.2 Å². The zero-order valence-electron chi connectivity index (χ0n) is 15.0. The van der Waals surface area contributed by atoms with Crippen LogP contribution in [-0.2, 0) is 14.2 Å². The van der Waals surface area contributed by atoms with Gasteiger partial charge in [-0.15, -0.1) is 0 Å². The van der Waals surface area contributed by atoms with Crippen LogP contribution < -0.4 is 0 Å². The van der Waals surface area contributed by atoms with Gasteiger partial charge in [0.05, 0.1) is 23.9 Å². The molecule has 3 heterocycles. The minimum Gasteiger partial charge on any atom is -0.367 e. The van der Waals surface area contributed by atoms with Gasteiger partial charge in [-0.2, -0.15) is 0 Å². The van der Waals surface area contributed by atoms with E-state index < -0.39 is 0 Å². The molecule has 0 aromatic heterocycles. The summed E-state index contributed by atoms with van der Waals surface area (Å²) < 4.78 is 18.3. The molecule has 3 nitrogen and oxygen atoms in total. The lowest BCUT2D eigenvalue weighted by Gasteiger charge is -2.16. The lowest BCUT2D eigenvalue weighted by atomic mass is 9.88. The quantitative estimate of drug-likeness (QED) is 0.493. The van der Waals surface area contributed by atoms with Crippen molar-refractivity contribution in [1.29, 1.82) is 0 Å². The number of ether oxygens (including phenoxy) is 3. The van der Waals surface area contributed by atoms with Crippen molar-refractivity contribution in [1.82, 2.24) is 0 Å². The molecule has 0 aromatic rings. The highest BCUT2D eigenvalue weighted by molar-refractivity contribution is 5.28. The summed E-state index contributed by atoms with van der Waals surface area (Å²) in [6, 6.07) is 0. The smallest absolute Gasteiger partial charge is 0.117 e. The molecule has 0 aromatic carbocycles. The number of fused-ring (bicyclic) bond motifs is 4. The van der Waals surface area contributed by atoms with Gasteiger partial charge in [-0.1, -0.05) is 11.6 Å². The van der Waals surface area contributed by atoms with Gasteiger partial charge in [-0.05, 0) is 77.4 Å². The zero-order valence-corrected chi connectivity index (χ0v) is 15.0. The first-order chi connectivity index (χ1) is 10.9. The van der Waals surface area contributed by atoms with Crippen molar-refractivity contribution in [3.63, 3.8) is 0 Å². The predicted molar refractivity (Wildman–Crippen MR) is 90.5 cm³/mol. The SMILES string of the molecule is CC1=C2CCC3(C)OC3CC/C(C)=C/CCC3(C)OC3C2OC1. The van der Waals surface area contributed by atoms with E-state index in [9.17, 15) is 0 Å². The lowest BCUT2D eigenvalue weighted by Crippen LogP contribution is -2.25. The van der Waals surface area contributed by atoms with E-state index in [1.807, 2.05) is 0 Å². The van der Waals surface area contributed by atoms with Crippen LogP contribution in [0.25, 0.3) is 0 Å². The van der Waals surface area contributed by atoms with Gasteiger partial charge in [0, 0.05) is 0 Å². The fourth-order valence-corrected chi connectivity index (χ4v) is 4.44. The Morgan fingerprint density at radius 1 is 1.04 bits per heavy atom. The Morgan fingerprint density at radius 2 is 1.87 bits per heavy atom. The molecule has 0 N–H and O–H groups in total. The molecule has 0 spiro atoms. The number of allylic oxidation sites excluding steroid dienone is 2. The summed E-state index contributed by atoms with van der Waals surface area (Å²) in [4.78, 5) is 0. The van der Waals surface area contributed by atoms with Crippen LogP contribution in [-0.4, -0.2) is 36.1 Å². The van der Waals surface area contributed by atoms with E-state index in [0.717, 1.165) is 45.1 Å². The molecule has 0 radical (unpaired) electrons. The Hall–Kier alpha value is -0.640. The monoisotopic (exact) mass is 318 g/mol. The van der Waals surface area contributed by atoms with Crippen LogP contribution in [0.15, 0.2) is 22.8 Å². The van der Waals surface area contributed by atoms with Crippen molar-refractivity contribution in [3.05, 3.63) is 22.8 Å². The topological polar surface area (TPSA) is 34.3 Å². The largest absolute Gasteiger partial charge is 0.367 e. The average Bonchev–Trinajstić information content (AvgIpc) is 3.30. The van der Waals surface area contributed by atoms with E-state index in [0.29, 0.717) is 6.10 Å². The van der Waals surface area contributed by atoms with E-state index >= 15 is 0 Å². The van der Waals surface area contributed by atoms with Gasteiger partial charge in [0.2, 0.25) is 0 Å². The van der Waals surface area contributed by atoms with Gasteiger partial charge in [0.25, 0.3) is 0 Å². The number of hydrogen-bond acceptors (Lipinski definition) is 3. The number of epoxide rings is 2. The summed E-state index contributed by atoms with van der Waals surface area (Å²) in [7, 11) is 0. The normalized spacial score (nSPS) is 49.4. The maximum Gasteiger partial charge on any atom is 0.117 e. The summed E-state index contributed by atoms with van der Waals surface area (Å²) in [5.74, 6) is 0. The molecule has 128 valence electrons. The van der Waals surface area contributed by atoms with Crippen LogP contribution in [0.5, 0.6) is 0 Å². The highest BCUT2D eigenvalue weighted by atomic mass is 16.6. The first-order valence-corrected chi connectivity index (χ1v) is 9.23. The van der Waals surface area contributed by atoms with Crippen molar-refractivity contribution in [3.8, 4) is 0 Å². The third-order valence-corrected chi connectivity index (χ3v) is 6.45. The van der Waals surface area contributed by atoms with Gasteiger partial charge in [-0.3, -0.25) is 0 Å². The Kier molecular flexibility index (Phi) is 3.75. The van der Waals surface area contributed by atoms with E-state index in [-0.39, 0.29) is 23.4 Å². The molecule has 3 aliphatic heterocycles. The molecular formula is C20H30O3. The van der Waals surface area contributed by atoms with Gasteiger partial charge in [0.1, 0.15) is 12.2 Å². The minimum absolute atomic E-state index is 0.00392. The van der Waals surface area contributed by atoms with Crippen LogP contribution in [0.2, 0.25) is 0 Å². The van der Waals surface area contributed by atoms with Gasteiger partial charge < -0.3 is 14.2 Å². The van der Waals surface area contributed by atoms with Gasteiger partial charge in [0.15, 0.2) is 0 Å². The van der Waals surface area contributed by atoms with Crippen molar-refractivity contribution < 1.29 is 14.2 Å². The van der Waals surface area contributed by atoms with Crippen LogP contribution in [0.3, 0.4) is 0 Å². The Bertz CT molecular complexity index is 563. The lowest BCUT2D eigenvalue weighted by molar-refractivity contribution is 0.0922. The minimum atomic E-state index is 0.00392. The summed E-state index contributed by atoms with van der Waals surface area (Å²) in [5.41, 5.74) is 4.48. The fraction of sp³-hybridized carbons (Fsp3) is 0.800. The number of rotatable bonds is 0.